The van der Waals surface area contributed by atoms with Crippen LogP contribution in [0.15, 0.2) is 24.3 Å². The Labute approximate surface area is 78.0 Å². The van der Waals surface area contributed by atoms with Crippen molar-refractivity contribution in [3.05, 3.63) is 35.6 Å². The van der Waals surface area contributed by atoms with Gasteiger partial charge in [-0.15, -0.1) is 0 Å². The van der Waals surface area contributed by atoms with Crippen molar-refractivity contribution in [3.8, 4) is 0 Å². The second kappa shape index (κ2) is 3.11. The first-order valence-electron chi connectivity index (χ1n) is 4.67. The van der Waals surface area contributed by atoms with E-state index in [1.165, 1.54) is 6.07 Å². The van der Waals surface area contributed by atoms with E-state index in [-0.39, 0.29) is 11.2 Å². The van der Waals surface area contributed by atoms with Gasteiger partial charge >= 0.3 is 0 Å². The maximum atomic E-state index is 13.0. The van der Waals surface area contributed by atoms with E-state index in [9.17, 15) is 4.39 Å². The van der Waals surface area contributed by atoms with Gasteiger partial charge in [0.15, 0.2) is 0 Å². The summed E-state index contributed by atoms with van der Waals surface area (Å²) in [6.45, 7) is 4.17. The Kier molecular flexibility index (Phi) is 2.08. The number of nitrogens with one attached hydrogen (secondary N) is 1. The lowest BCUT2D eigenvalue weighted by molar-refractivity contribution is 0.518. The summed E-state index contributed by atoms with van der Waals surface area (Å²) < 4.78 is 13.0. The third-order valence-corrected chi connectivity index (χ3v) is 2.89. The molecule has 1 aromatic rings. The smallest absolute Gasteiger partial charge is 0.123 e. The Bertz CT molecular complexity index is 303. The zero-order valence-electron chi connectivity index (χ0n) is 7.81. The van der Waals surface area contributed by atoms with Crippen LogP contribution in [0.1, 0.15) is 18.9 Å². The average Bonchev–Trinajstić information content (AvgIpc) is 2.54. The molecule has 13 heavy (non-hydrogen) atoms. The molecule has 1 saturated heterocycles. The van der Waals surface area contributed by atoms with Gasteiger partial charge in [0.1, 0.15) is 5.82 Å². The maximum absolute atomic E-state index is 13.0. The first-order chi connectivity index (χ1) is 6.21. The van der Waals surface area contributed by atoms with Crippen molar-refractivity contribution >= 4 is 0 Å². The van der Waals surface area contributed by atoms with Gasteiger partial charge in [-0.25, -0.2) is 4.39 Å². The maximum Gasteiger partial charge on any atom is 0.123 e. The molecular weight excluding hydrogens is 165 g/mol. The molecule has 2 heteroatoms. The summed E-state index contributed by atoms with van der Waals surface area (Å²) in [6.07, 6.45) is 1.09. The van der Waals surface area contributed by atoms with Gasteiger partial charge in [0.25, 0.3) is 0 Å². The van der Waals surface area contributed by atoms with Crippen molar-refractivity contribution in [1.29, 1.82) is 0 Å². The summed E-state index contributed by atoms with van der Waals surface area (Å²) >= 11 is 0. The van der Waals surface area contributed by atoms with Crippen molar-refractivity contribution in [2.45, 2.75) is 18.8 Å². The van der Waals surface area contributed by atoms with Crippen LogP contribution in [0.4, 0.5) is 4.39 Å². The minimum Gasteiger partial charge on any atom is -0.316 e. The molecule has 0 radical (unpaired) electrons. The van der Waals surface area contributed by atoms with Crippen LogP contribution in [0.25, 0.3) is 0 Å². The molecule has 1 N–H and O–H groups in total. The lowest BCUT2D eigenvalue weighted by Crippen LogP contribution is -2.24. The largest absolute Gasteiger partial charge is 0.316 e. The number of hydrogen-bond donors (Lipinski definition) is 1. The molecule has 0 unspecified atom stereocenters. The summed E-state index contributed by atoms with van der Waals surface area (Å²) in [5, 5.41) is 3.31. The lowest BCUT2D eigenvalue weighted by atomic mass is 9.82. The van der Waals surface area contributed by atoms with Crippen LogP contribution < -0.4 is 5.32 Å². The van der Waals surface area contributed by atoms with Crippen LogP contribution in [-0.4, -0.2) is 13.1 Å². The number of rotatable bonds is 1. The fourth-order valence-electron chi connectivity index (χ4n) is 1.93. The van der Waals surface area contributed by atoms with Crippen molar-refractivity contribution in [2.75, 3.05) is 13.1 Å². The van der Waals surface area contributed by atoms with Crippen molar-refractivity contribution < 1.29 is 4.39 Å². The van der Waals surface area contributed by atoms with Crippen LogP contribution in [0.5, 0.6) is 0 Å². The molecular formula is C11H14FN. The average molecular weight is 179 g/mol. The van der Waals surface area contributed by atoms with E-state index < -0.39 is 0 Å². The predicted molar refractivity (Wildman–Crippen MR) is 51.2 cm³/mol. The van der Waals surface area contributed by atoms with Gasteiger partial charge in [-0.05, 0) is 30.7 Å². The van der Waals surface area contributed by atoms with Gasteiger partial charge < -0.3 is 5.32 Å². The van der Waals surface area contributed by atoms with E-state index in [1.54, 1.807) is 12.1 Å². The van der Waals surface area contributed by atoms with Crippen LogP contribution in [0.2, 0.25) is 0 Å². The Morgan fingerprint density at radius 1 is 1.46 bits per heavy atom. The Morgan fingerprint density at radius 3 is 2.92 bits per heavy atom. The molecule has 0 aliphatic carbocycles. The SMILES string of the molecule is C[C@]1(c2cccc(F)c2)CCNC1. The number of benzene rings is 1. The first kappa shape index (κ1) is 8.70. The van der Waals surface area contributed by atoms with E-state index in [0.717, 1.165) is 25.1 Å². The van der Waals surface area contributed by atoms with Crippen LogP contribution in [0.3, 0.4) is 0 Å². The minimum absolute atomic E-state index is 0.127. The second-order valence-electron chi connectivity index (χ2n) is 4.00. The molecule has 0 amide bonds. The van der Waals surface area contributed by atoms with Crippen molar-refractivity contribution in [1.82, 2.24) is 5.32 Å². The Hall–Kier alpha value is -0.890. The molecule has 1 atom stereocenters. The molecule has 2 rings (SSSR count). The van der Waals surface area contributed by atoms with Gasteiger partial charge in [0.2, 0.25) is 0 Å². The highest BCUT2D eigenvalue weighted by atomic mass is 19.1. The summed E-state index contributed by atoms with van der Waals surface area (Å²) in [5.41, 5.74) is 1.24. The topological polar surface area (TPSA) is 12.0 Å². The monoisotopic (exact) mass is 179 g/mol. The van der Waals surface area contributed by atoms with Gasteiger partial charge in [-0.2, -0.15) is 0 Å². The summed E-state index contributed by atoms with van der Waals surface area (Å²) in [4.78, 5) is 0. The highest BCUT2D eigenvalue weighted by Gasteiger charge is 2.30. The number of hydrogen-bond acceptors (Lipinski definition) is 1. The van der Waals surface area contributed by atoms with Gasteiger partial charge in [0, 0.05) is 12.0 Å². The molecule has 70 valence electrons. The predicted octanol–water partition coefficient (Wildman–Crippen LogP) is 2.08. The third kappa shape index (κ3) is 1.59. The molecule has 0 aromatic heterocycles. The molecule has 1 heterocycles. The summed E-state index contributed by atoms with van der Waals surface area (Å²) in [7, 11) is 0. The number of halogens is 1. The normalized spacial score (nSPS) is 27.8. The summed E-state index contributed by atoms with van der Waals surface area (Å²) in [5.74, 6) is -0.134. The standard InChI is InChI=1S/C11H14FN/c1-11(5-6-13-8-11)9-3-2-4-10(12)7-9/h2-4,7,13H,5-6,8H2,1H3/t11-/m0/s1. The quantitative estimate of drug-likeness (QED) is 0.696. The zero-order chi connectivity index (χ0) is 9.31. The van der Waals surface area contributed by atoms with E-state index >= 15 is 0 Å². The molecule has 1 aliphatic heterocycles. The van der Waals surface area contributed by atoms with Crippen molar-refractivity contribution in [3.63, 3.8) is 0 Å². The highest BCUT2D eigenvalue weighted by Crippen LogP contribution is 2.29. The fraction of sp³-hybridized carbons (Fsp3) is 0.455. The van der Waals surface area contributed by atoms with Gasteiger partial charge in [-0.3, -0.25) is 0 Å². The third-order valence-electron chi connectivity index (χ3n) is 2.89. The Balaban J connectivity index is 2.33. The van der Waals surface area contributed by atoms with Gasteiger partial charge in [0.05, 0.1) is 0 Å². The van der Waals surface area contributed by atoms with E-state index in [1.807, 2.05) is 6.07 Å². The minimum atomic E-state index is -0.134. The van der Waals surface area contributed by atoms with Crippen LogP contribution >= 0.6 is 0 Å². The van der Waals surface area contributed by atoms with E-state index in [4.69, 9.17) is 0 Å². The fourth-order valence-corrected chi connectivity index (χ4v) is 1.93. The molecule has 1 aromatic carbocycles. The second-order valence-corrected chi connectivity index (χ2v) is 4.00. The Morgan fingerprint density at radius 2 is 2.31 bits per heavy atom. The lowest BCUT2D eigenvalue weighted by Gasteiger charge is -2.22. The summed E-state index contributed by atoms with van der Waals surface area (Å²) in [6, 6.07) is 6.94. The first-order valence-corrected chi connectivity index (χ1v) is 4.67. The van der Waals surface area contributed by atoms with Crippen molar-refractivity contribution in [2.24, 2.45) is 0 Å². The molecule has 0 saturated carbocycles. The molecule has 1 aliphatic rings. The highest BCUT2D eigenvalue weighted by molar-refractivity contribution is 5.27. The van der Waals surface area contributed by atoms with Gasteiger partial charge in [-0.1, -0.05) is 19.1 Å². The molecule has 1 fully saturated rings. The molecule has 0 bridgehead atoms. The van der Waals surface area contributed by atoms with E-state index in [0.29, 0.717) is 0 Å². The van der Waals surface area contributed by atoms with E-state index in [2.05, 4.69) is 12.2 Å². The van der Waals surface area contributed by atoms with Crippen LogP contribution in [0, 0.1) is 5.82 Å². The zero-order valence-corrected chi connectivity index (χ0v) is 7.81. The molecule has 1 nitrogen and oxygen atoms in total. The molecule has 0 spiro atoms. The van der Waals surface area contributed by atoms with Crippen LogP contribution in [-0.2, 0) is 5.41 Å².